The van der Waals surface area contributed by atoms with Crippen LogP contribution in [-0.4, -0.2) is 36.6 Å². The molecule has 2 rings (SSSR count). The lowest BCUT2D eigenvalue weighted by atomic mass is 10.3. The molecule has 1 unspecified atom stereocenters. The Morgan fingerprint density at radius 1 is 1.00 bits per heavy atom. The van der Waals surface area contributed by atoms with Crippen molar-refractivity contribution < 1.29 is 26.0 Å². The van der Waals surface area contributed by atoms with Crippen molar-refractivity contribution in [1.29, 1.82) is 0 Å². The van der Waals surface area contributed by atoms with Crippen LogP contribution in [-0.2, 0) is 24.8 Å². The van der Waals surface area contributed by atoms with E-state index in [0.29, 0.717) is 0 Å². The minimum Gasteiger partial charge on any atom is -0.383 e. The molecule has 0 bridgehead atoms. The Kier molecular flexibility index (Phi) is 6.34. The first kappa shape index (κ1) is 20.3. The van der Waals surface area contributed by atoms with Crippen LogP contribution < -0.4 is 9.44 Å². The second-order valence-electron chi connectivity index (χ2n) is 5.54. The van der Waals surface area contributed by atoms with Crippen molar-refractivity contribution in [3.05, 3.63) is 54.3 Å². The quantitative estimate of drug-likeness (QED) is 0.703. The summed E-state index contributed by atoms with van der Waals surface area (Å²) in [7, 11) is -6.43. The van der Waals surface area contributed by atoms with Crippen LogP contribution in [0, 0.1) is 5.82 Å². The topological polar surface area (TPSA) is 102 Å². The second-order valence-corrected chi connectivity index (χ2v) is 8.90. The standard InChI is InChI=1S/C16H19FN2O5S2/c1-12(11-24-2)18-25(20,21)14-9-7-13(8-10-14)19-26(22,23)16-6-4-3-5-15(16)17/h3-10,12,18-19H,11H2,1-2H3. The molecule has 26 heavy (non-hydrogen) atoms. The van der Waals surface area contributed by atoms with Crippen LogP contribution in [0.4, 0.5) is 10.1 Å². The molecule has 0 amide bonds. The number of benzene rings is 2. The van der Waals surface area contributed by atoms with Gasteiger partial charge in [-0.05, 0) is 43.3 Å². The molecular formula is C16H19FN2O5S2. The van der Waals surface area contributed by atoms with Gasteiger partial charge in [0, 0.05) is 18.8 Å². The highest BCUT2D eigenvalue weighted by molar-refractivity contribution is 7.92. The lowest BCUT2D eigenvalue weighted by molar-refractivity contribution is 0.180. The summed E-state index contributed by atoms with van der Waals surface area (Å²) in [6, 6.07) is 9.61. The van der Waals surface area contributed by atoms with Gasteiger partial charge in [-0.25, -0.2) is 25.9 Å². The highest BCUT2D eigenvalue weighted by atomic mass is 32.2. The van der Waals surface area contributed by atoms with Gasteiger partial charge in [-0.15, -0.1) is 0 Å². The number of halogens is 1. The van der Waals surface area contributed by atoms with E-state index in [2.05, 4.69) is 9.44 Å². The summed E-state index contributed by atoms with van der Waals surface area (Å²) in [5.74, 6) is -0.879. The van der Waals surface area contributed by atoms with Crippen molar-refractivity contribution in [2.75, 3.05) is 18.4 Å². The lowest BCUT2D eigenvalue weighted by Crippen LogP contribution is -2.35. The predicted octanol–water partition coefficient (Wildman–Crippen LogP) is 1.94. The number of nitrogens with one attached hydrogen (secondary N) is 2. The summed E-state index contributed by atoms with van der Waals surface area (Å²) in [4.78, 5) is -0.527. The molecule has 0 heterocycles. The first-order chi connectivity index (χ1) is 12.2. The molecule has 1 atom stereocenters. The van der Waals surface area contributed by atoms with Gasteiger partial charge in [-0.3, -0.25) is 4.72 Å². The highest BCUT2D eigenvalue weighted by Gasteiger charge is 2.20. The van der Waals surface area contributed by atoms with Gasteiger partial charge in [-0.2, -0.15) is 0 Å². The number of ether oxygens (including phenoxy) is 1. The molecule has 142 valence electrons. The molecule has 0 radical (unpaired) electrons. The summed E-state index contributed by atoms with van der Waals surface area (Å²) in [5, 5.41) is 0. The van der Waals surface area contributed by atoms with Crippen LogP contribution in [0.25, 0.3) is 0 Å². The largest absolute Gasteiger partial charge is 0.383 e. The third kappa shape index (κ3) is 5.01. The van der Waals surface area contributed by atoms with Gasteiger partial charge in [0.1, 0.15) is 10.7 Å². The maximum atomic E-state index is 13.7. The Morgan fingerprint density at radius 3 is 2.19 bits per heavy atom. The van der Waals surface area contributed by atoms with Crippen molar-refractivity contribution in [1.82, 2.24) is 4.72 Å². The molecule has 0 saturated heterocycles. The van der Waals surface area contributed by atoms with Crippen LogP contribution in [0.3, 0.4) is 0 Å². The Hall–Kier alpha value is -2.01. The normalized spacial score (nSPS) is 13.3. The van der Waals surface area contributed by atoms with Crippen molar-refractivity contribution in [2.45, 2.75) is 22.8 Å². The Labute approximate surface area is 152 Å². The Morgan fingerprint density at radius 2 is 1.62 bits per heavy atom. The molecule has 0 aromatic heterocycles. The van der Waals surface area contributed by atoms with E-state index in [1.807, 2.05) is 0 Å². The average Bonchev–Trinajstić information content (AvgIpc) is 2.55. The van der Waals surface area contributed by atoms with Crippen molar-refractivity contribution in [3.63, 3.8) is 0 Å². The molecule has 7 nitrogen and oxygen atoms in total. The molecule has 0 aliphatic heterocycles. The van der Waals surface area contributed by atoms with Gasteiger partial charge in [0.15, 0.2) is 0 Å². The molecule has 0 aliphatic rings. The van der Waals surface area contributed by atoms with Gasteiger partial charge in [-0.1, -0.05) is 12.1 Å². The minimum absolute atomic E-state index is 0.0331. The fraction of sp³-hybridized carbons (Fsp3) is 0.250. The molecule has 2 aromatic carbocycles. The first-order valence-electron chi connectivity index (χ1n) is 7.54. The number of hydrogen-bond acceptors (Lipinski definition) is 5. The SMILES string of the molecule is COCC(C)NS(=O)(=O)c1ccc(NS(=O)(=O)c2ccccc2F)cc1. The van der Waals surface area contributed by atoms with Gasteiger partial charge in [0.25, 0.3) is 10.0 Å². The highest BCUT2D eigenvalue weighted by Crippen LogP contribution is 2.20. The van der Waals surface area contributed by atoms with E-state index >= 15 is 0 Å². The second kappa shape index (κ2) is 8.12. The zero-order valence-electron chi connectivity index (χ0n) is 14.1. The van der Waals surface area contributed by atoms with E-state index in [1.54, 1.807) is 6.92 Å². The number of hydrogen-bond donors (Lipinski definition) is 2. The van der Waals surface area contributed by atoms with Crippen LogP contribution in [0.1, 0.15) is 6.92 Å². The van der Waals surface area contributed by atoms with E-state index in [0.717, 1.165) is 12.1 Å². The summed E-state index contributed by atoms with van der Waals surface area (Å²) in [6.07, 6.45) is 0. The van der Waals surface area contributed by atoms with Crippen molar-refractivity contribution >= 4 is 25.7 Å². The maximum absolute atomic E-state index is 13.7. The number of rotatable bonds is 8. The molecule has 0 spiro atoms. The lowest BCUT2D eigenvalue weighted by Gasteiger charge is -2.14. The molecular weight excluding hydrogens is 383 g/mol. The predicted molar refractivity (Wildman–Crippen MR) is 95.3 cm³/mol. The van der Waals surface area contributed by atoms with Crippen molar-refractivity contribution in [2.24, 2.45) is 0 Å². The van der Waals surface area contributed by atoms with Gasteiger partial charge < -0.3 is 4.74 Å². The number of methoxy groups -OCH3 is 1. The first-order valence-corrected chi connectivity index (χ1v) is 10.5. The van der Waals surface area contributed by atoms with Crippen LogP contribution in [0.2, 0.25) is 0 Å². The smallest absolute Gasteiger partial charge is 0.264 e. The maximum Gasteiger partial charge on any atom is 0.264 e. The molecule has 0 aliphatic carbocycles. The summed E-state index contributed by atoms with van der Waals surface area (Å²) in [6.45, 7) is 1.86. The summed E-state index contributed by atoms with van der Waals surface area (Å²) < 4.78 is 72.1. The third-order valence-corrected chi connectivity index (χ3v) is 6.34. The Balaban J connectivity index is 2.18. The fourth-order valence-electron chi connectivity index (χ4n) is 2.19. The van der Waals surface area contributed by atoms with E-state index < -0.39 is 36.8 Å². The van der Waals surface area contributed by atoms with E-state index in [1.165, 1.54) is 43.5 Å². The molecule has 2 N–H and O–H groups in total. The fourth-order valence-corrected chi connectivity index (χ4v) is 4.56. The molecule has 10 heteroatoms. The van der Waals surface area contributed by atoms with Gasteiger partial charge in [0.05, 0.1) is 11.5 Å². The molecule has 2 aromatic rings. The molecule has 0 fully saturated rings. The summed E-state index contributed by atoms with van der Waals surface area (Å²) in [5.41, 5.74) is 0.108. The minimum atomic E-state index is -4.13. The number of sulfonamides is 2. The van der Waals surface area contributed by atoms with E-state index in [-0.39, 0.29) is 17.2 Å². The summed E-state index contributed by atoms with van der Waals surface area (Å²) >= 11 is 0. The van der Waals surface area contributed by atoms with Crippen LogP contribution >= 0.6 is 0 Å². The van der Waals surface area contributed by atoms with E-state index in [9.17, 15) is 21.2 Å². The van der Waals surface area contributed by atoms with Crippen LogP contribution in [0.15, 0.2) is 58.3 Å². The van der Waals surface area contributed by atoms with Gasteiger partial charge in [0.2, 0.25) is 10.0 Å². The zero-order valence-corrected chi connectivity index (χ0v) is 15.8. The number of anilines is 1. The third-order valence-electron chi connectivity index (χ3n) is 3.32. The van der Waals surface area contributed by atoms with Crippen LogP contribution in [0.5, 0.6) is 0 Å². The zero-order chi connectivity index (χ0) is 19.4. The Bertz CT molecular complexity index is 960. The molecule has 0 saturated carbocycles. The van der Waals surface area contributed by atoms with E-state index in [4.69, 9.17) is 4.74 Å². The monoisotopic (exact) mass is 402 g/mol. The average molecular weight is 402 g/mol. The van der Waals surface area contributed by atoms with Crippen molar-refractivity contribution in [3.8, 4) is 0 Å². The van der Waals surface area contributed by atoms with Gasteiger partial charge >= 0.3 is 0 Å².